The molecule has 0 radical (unpaired) electrons. The average Bonchev–Trinajstić information content (AvgIpc) is 2.70. The fourth-order valence-electron chi connectivity index (χ4n) is 2.67. The number of hydrogen-bond acceptors (Lipinski definition) is 5. The number of benzene rings is 2. The number of halogens is 2. The predicted octanol–water partition coefficient (Wildman–Crippen LogP) is 4.95. The predicted molar refractivity (Wildman–Crippen MR) is 106 cm³/mol. The monoisotopic (exact) mass is 406 g/mol. The molecule has 148 valence electrons. The van der Waals surface area contributed by atoms with E-state index in [4.69, 9.17) is 4.74 Å². The largest absolute Gasteiger partial charge is 0.494 e. The lowest BCUT2D eigenvalue weighted by Gasteiger charge is -2.27. The van der Waals surface area contributed by atoms with Crippen molar-refractivity contribution in [1.82, 2.24) is 4.90 Å². The molecule has 0 N–H and O–H groups in total. The maximum absolute atomic E-state index is 12.9. The Morgan fingerprint density at radius 2 is 1.82 bits per heavy atom. The highest BCUT2D eigenvalue weighted by Crippen LogP contribution is 2.26. The van der Waals surface area contributed by atoms with Gasteiger partial charge in [-0.05, 0) is 61.9 Å². The van der Waals surface area contributed by atoms with Crippen molar-refractivity contribution in [1.29, 1.82) is 0 Å². The summed E-state index contributed by atoms with van der Waals surface area (Å²) in [5, 5.41) is 0.619. The second-order valence-corrected chi connectivity index (χ2v) is 6.95. The summed E-state index contributed by atoms with van der Waals surface area (Å²) in [6.45, 7) is 0.167. The van der Waals surface area contributed by atoms with Gasteiger partial charge in [-0.25, -0.2) is 4.99 Å². The van der Waals surface area contributed by atoms with Gasteiger partial charge in [0.15, 0.2) is 5.17 Å². The molecule has 0 aromatic heterocycles. The molecule has 0 saturated carbocycles. The molecule has 1 saturated heterocycles. The summed E-state index contributed by atoms with van der Waals surface area (Å²) in [5.74, 6) is 1.44. The highest BCUT2D eigenvalue weighted by Gasteiger charge is 2.25. The van der Waals surface area contributed by atoms with Gasteiger partial charge in [0.25, 0.3) is 5.91 Å². The molecule has 28 heavy (non-hydrogen) atoms. The van der Waals surface area contributed by atoms with Crippen LogP contribution in [0.3, 0.4) is 0 Å². The van der Waals surface area contributed by atoms with E-state index in [2.05, 4.69) is 9.73 Å². The third kappa shape index (κ3) is 5.22. The van der Waals surface area contributed by atoms with Crippen molar-refractivity contribution in [3.05, 3.63) is 54.1 Å². The fourth-order valence-corrected chi connectivity index (χ4v) is 3.63. The minimum Gasteiger partial charge on any atom is -0.494 e. The van der Waals surface area contributed by atoms with E-state index in [0.29, 0.717) is 23.9 Å². The van der Waals surface area contributed by atoms with Gasteiger partial charge >= 0.3 is 6.61 Å². The Morgan fingerprint density at radius 1 is 1.14 bits per heavy atom. The van der Waals surface area contributed by atoms with Crippen LogP contribution in [0.4, 0.5) is 14.5 Å². The van der Waals surface area contributed by atoms with Crippen LogP contribution in [0.1, 0.15) is 23.7 Å². The number of ether oxygens (including phenoxy) is 2. The summed E-state index contributed by atoms with van der Waals surface area (Å²) in [4.78, 5) is 19.1. The van der Waals surface area contributed by atoms with Gasteiger partial charge in [-0.15, -0.1) is 0 Å². The first-order valence-electron chi connectivity index (χ1n) is 8.88. The van der Waals surface area contributed by atoms with Crippen LogP contribution in [0.25, 0.3) is 0 Å². The first-order chi connectivity index (χ1) is 13.6. The van der Waals surface area contributed by atoms with Gasteiger partial charge in [-0.2, -0.15) is 8.78 Å². The number of rotatable bonds is 6. The van der Waals surface area contributed by atoms with E-state index < -0.39 is 6.61 Å². The molecule has 1 fully saturated rings. The van der Waals surface area contributed by atoms with Crippen molar-refractivity contribution in [3.63, 3.8) is 0 Å². The van der Waals surface area contributed by atoms with Crippen LogP contribution in [-0.2, 0) is 0 Å². The van der Waals surface area contributed by atoms with Crippen molar-refractivity contribution in [2.75, 3.05) is 18.9 Å². The van der Waals surface area contributed by atoms with Crippen LogP contribution in [0.15, 0.2) is 53.5 Å². The first kappa shape index (κ1) is 20.1. The van der Waals surface area contributed by atoms with E-state index in [1.54, 1.807) is 4.90 Å². The lowest BCUT2D eigenvalue weighted by molar-refractivity contribution is -0.0498. The van der Waals surface area contributed by atoms with Gasteiger partial charge < -0.3 is 9.47 Å². The number of carbonyl (C=O) groups is 1. The molecule has 0 unspecified atom stereocenters. The lowest BCUT2D eigenvalue weighted by atomic mass is 10.2. The molecule has 1 aliphatic heterocycles. The van der Waals surface area contributed by atoms with Gasteiger partial charge in [0.1, 0.15) is 11.5 Å². The summed E-state index contributed by atoms with van der Waals surface area (Å²) in [6, 6.07) is 13.0. The summed E-state index contributed by atoms with van der Waals surface area (Å²) in [7, 11) is 0. The van der Waals surface area contributed by atoms with Crippen molar-refractivity contribution >= 4 is 28.5 Å². The minimum absolute atomic E-state index is 0.0165. The van der Waals surface area contributed by atoms with E-state index in [9.17, 15) is 13.6 Å². The van der Waals surface area contributed by atoms with E-state index in [0.717, 1.165) is 23.6 Å². The van der Waals surface area contributed by atoms with Gasteiger partial charge in [-0.3, -0.25) is 9.69 Å². The molecule has 2 aromatic rings. The molecule has 0 spiro atoms. The van der Waals surface area contributed by atoms with Gasteiger partial charge in [-0.1, -0.05) is 11.8 Å². The summed E-state index contributed by atoms with van der Waals surface area (Å²) >= 11 is 1.52. The average molecular weight is 406 g/mol. The summed E-state index contributed by atoms with van der Waals surface area (Å²) < 4.78 is 34.3. The number of carbonyl (C=O) groups excluding carboxylic acids is 1. The van der Waals surface area contributed by atoms with E-state index in [1.165, 1.54) is 36.0 Å². The number of amidine groups is 1. The quantitative estimate of drug-likeness (QED) is 0.681. The maximum Gasteiger partial charge on any atom is 0.387 e. The van der Waals surface area contributed by atoms with Gasteiger partial charge in [0, 0.05) is 17.9 Å². The zero-order valence-corrected chi connectivity index (χ0v) is 16.1. The van der Waals surface area contributed by atoms with Gasteiger partial charge in [0.2, 0.25) is 0 Å². The molecule has 0 bridgehead atoms. The Hall–Kier alpha value is -2.61. The fraction of sp³-hybridized carbons (Fsp3) is 0.300. The molecule has 0 aliphatic carbocycles. The third-order valence-corrected chi connectivity index (χ3v) is 4.99. The molecular formula is C20H20F2N2O3S. The maximum atomic E-state index is 12.9. The van der Waals surface area contributed by atoms with Crippen molar-refractivity contribution in [3.8, 4) is 11.5 Å². The van der Waals surface area contributed by atoms with Crippen LogP contribution >= 0.6 is 11.8 Å². The first-order valence-corrected chi connectivity index (χ1v) is 9.86. The lowest BCUT2D eigenvalue weighted by Crippen LogP contribution is -2.39. The number of amides is 1. The number of nitrogens with zero attached hydrogens (tertiary/aromatic N) is 2. The van der Waals surface area contributed by atoms with Crippen LogP contribution in [0.2, 0.25) is 0 Å². The molecule has 1 aliphatic rings. The molecule has 2 aromatic carbocycles. The second-order valence-electron chi connectivity index (χ2n) is 5.88. The van der Waals surface area contributed by atoms with Gasteiger partial charge in [0.05, 0.1) is 12.3 Å². The zero-order valence-electron chi connectivity index (χ0n) is 15.3. The Balaban J connectivity index is 1.77. The number of alkyl halides is 2. The Morgan fingerprint density at radius 3 is 2.46 bits per heavy atom. The molecule has 1 amide bonds. The molecule has 3 rings (SSSR count). The Kier molecular flexibility index (Phi) is 6.86. The Bertz CT molecular complexity index is 826. The summed E-state index contributed by atoms with van der Waals surface area (Å²) in [6.07, 6.45) is 0.852. The van der Waals surface area contributed by atoms with E-state index in [-0.39, 0.29) is 11.7 Å². The van der Waals surface area contributed by atoms with Crippen LogP contribution in [-0.4, -0.2) is 41.5 Å². The highest BCUT2D eigenvalue weighted by atomic mass is 32.2. The van der Waals surface area contributed by atoms with E-state index in [1.807, 2.05) is 31.2 Å². The molecule has 8 heteroatoms. The molecule has 0 atom stereocenters. The normalized spacial score (nSPS) is 15.7. The molecular weight excluding hydrogens is 386 g/mol. The number of hydrogen-bond donors (Lipinski definition) is 0. The van der Waals surface area contributed by atoms with Crippen LogP contribution in [0, 0.1) is 0 Å². The third-order valence-electron chi connectivity index (χ3n) is 3.93. The topological polar surface area (TPSA) is 51.1 Å². The van der Waals surface area contributed by atoms with Crippen molar-refractivity contribution < 1.29 is 23.0 Å². The smallest absolute Gasteiger partial charge is 0.387 e. The molecule has 1 heterocycles. The summed E-state index contributed by atoms with van der Waals surface area (Å²) in [5.41, 5.74) is 1.12. The van der Waals surface area contributed by atoms with Crippen LogP contribution < -0.4 is 9.47 Å². The number of aliphatic imine (C=N–C) groups is 1. The highest BCUT2D eigenvalue weighted by molar-refractivity contribution is 8.13. The molecule has 5 nitrogen and oxygen atoms in total. The minimum atomic E-state index is -2.90. The second kappa shape index (κ2) is 9.54. The van der Waals surface area contributed by atoms with Crippen molar-refractivity contribution in [2.45, 2.75) is 20.0 Å². The standard InChI is InChI=1S/C20H20F2N2O3S/c1-2-26-16-10-6-15(7-11-16)23-20-24(12-3-13-28-20)18(25)14-4-8-17(9-5-14)27-19(21)22/h4-11,19H,2-3,12-13H2,1H3. The Labute approximate surface area is 166 Å². The number of thioether (sulfide) groups is 1. The van der Waals surface area contributed by atoms with E-state index >= 15 is 0 Å². The SMILES string of the molecule is CCOc1ccc(N=C2SCCCN2C(=O)c2ccc(OC(F)F)cc2)cc1. The van der Waals surface area contributed by atoms with Crippen molar-refractivity contribution in [2.24, 2.45) is 4.99 Å². The zero-order chi connectivity index (χ0) is 19.9. The van der Waals surface area contributed by atoms with Crippen LogP contribution in [0.5, 0.6) is 11.5 Å².